The zero-order chi connectivity index (χ0) is 46.1. The van der Waals surface area contributed by atoms with Gasteiger partial charge in [-0.15, -0.1) is 0 Å². The second-order valence-corrected chi connectivity index (χ2v) is 18.2. The van der Waals surface area contributed by atoms with Gasteiger partial charge >= 0.3 is 0 Å². The molecule has 2 aliphatic carbocycles. The molecule has 0 radical (unpaired) electrons. The molecule has 2 fully saturated rings. The lowest BCUT2D eigenvalue weighted by Gasteiger charge is -2.33. The van der Waals surface area contributed by atoms with Crippen LogP contribution in [0.1, 0.15) is 71.2 Å². The number of nitrogens with zero attached hydrogens (tertiary/aromatic N) is 10. The second kappa shape index (κ2) is 18.8. The standard InChI is InChI=1S/2C26H25ClN6O/c2*1-34-22-14-18(8-11-21(22)33-15-23(27)28-16-33)29-26-30-24-19(17-6-3-2-4-7-17)9-10-20(24)25(31-26)32-12-5-13-32/h2*2-4,6-8,11,14-16,19H,5,9-10,12-13H2,1H3,(H,29,30,31)/t2*19-/m10/s1. The lowest BCUT2D eigenvalue weighted by Crippen LogP contribution is -2.38. The van der Waals surface area contributed by atoms with Gasteiger partial charge in [-0.3, -0.25) is 0 Å². The van der Waals surface area contributed by atoms with Crippen molar-refractivity contribution >= 4 is 58.1 Å². The van der Waals surface area contributed by atoms with Gasteiger partial charge in [0.15, 0.2) is 0 Å². The lowest BCUT2D eigenvalue weighted by atomic mass is 9.97. The molecule has 4 aromatic carbocycles. The highest BCUT2D eigenvalue weighted by molar-refractivity contribution is 6.29. The van der Waals surface area contributed by atoms with Crippen LogP contribution in [-0.2, 0) is 12.8 Å². The third-order valence-electron chi connectivity index (χ3n) is 13.3. The number of aromatic nitrogens is 8. The first kappa shape index (κ1) is 43.4. The minimum absolute atomic E-state index is 0.294. The van der Waals surface area contributed by atoms with E-state index in [0.29, 0.717) is 45.5 Å². The molecule has 2 atom stereocenters. The summed E-state index contributed by atoms with van der Waals surface area (Å²) < 4.78 is 15.0. The van der Waals surface area contributed by atoms with Crippen molar-refractivity contribution in [1.29, 1.82) is 0 Å². The minimum Gasteiger partial charge on any atom is -0.494 e. The number of fused-ring (bicyclic) bond motifs is 2. The van der Waals surface area contributed by atoms with E-state index < -0.39 is 0 Å². The predicted octanol–water partition coefficient (Wildman–Crippen LogP) is 10.7. The maximum absolute atomic E-state index is 6.00. The summed E-state index contributed by atoms with van der Waals surface area (Å²) in [5.41, 5.74) is 10.9. The number of ether oxygens (including phenoxy) is 2. The van der Waals surface area contributed by atoms with Gasteiger partial charge in [0.25, 0.3) is 0 Å². The molecule has 4 aromatic heterocycles. The highest BCUT2D eigenvalue weighted by atomic mass is 35.5. The van der Waals surface area contributed by atoms with Crippen LogP contribution in [0.3, 0.4) is 0 Å². The minimum atomic E-state index is 0.294. The van der Waals surface area contributed by atoms with Crippen molar-refractivity contribution in [3.8, 4) is 22.9 Å². The normalized spacial score (nSPS) is 16.8. The number of halogens is 2. The monoisotopic (exact) mass is 944 g/mol. The molecule has 68 heavy (non-hydrogen) atoms. The SMILES string of the molecule is COc1cc(Nc2nc3c(c(N4CCC4)n2)CC[C@@H]3c2ccccc2)ccc1-n1cnc(Cl)c1.COc1cc(Nc2nc3c(c(N4CCC4)n2)CC[C@H]3c2ccccc2)ccc1-n1cnc(Cl)c1. The van der Waals surface area contributed by atoms with Crippen molar-refractivity contribution in [2.45, 2.75) is 50.4 Å². The second-order valence-electron chi connectivity index (χ2n) is 17.4. The summed E-state index contributed by atoms with van der Waals surface area (Å²) in [6.45, 7) is 4.20. The number of anilines is 6. The molecule has 2 aliphatic heterocycles. The Balaban J connectivity index is 0.000000149. The van der Waals surface area contributed by atoms with Crippen LogP contribution in [0.15, 0.2) is 122 Å². The molecule has 0 spiro atoms. The molecule has 0 bridgehead atoms. The van der Waals surface area contributed by atoms with Gasteiger partial charge in [-0.25, -0.2) is 19.9 Å². The molecular formula is C52H50Cl2N12O2. The molecule has 2 saturated heterocycles. The van der Waals surface area contributed by atoms with Crippen molar-refractivity contribution < 1.29 is 9.47 Å². The molecule has 16 heteroatoms. The summed E-state index contributed by atoms with van der Waals surface area (Å²) in [6, 6.07) is 33.1. The van der Waals surface area contributed by atoms with Gasteiger partial charge in [0.05, 0.1) is 37.0 Å². The smallest absolute Gasteiger partial charge is 0.229 e. The highest BCUT2D eigenvalue weighted by Gasteiger charge is 2.34. The van der Waals surface area contributed by atoms with Crippen molar-refractivity contribution in [3.63, 3.8) is 0 Å². The molecule has 2 N–H and O–H groups in total. The van der Waals surface area contributed by atoms with E-state index in [-0.39, 0.29) is 0 Å². The molecule has 6 heterocycles. The molecule has 8 aromatic rings. The predicted molar refractivity (Wildman–Crippen MR) is 268 cm³/mol. The quantitative estimate of drug-likeness (QED) is 0.121. The van der Waals surface area contributed by atoms with Crippen LogP contribution in [-0.4, -0.2) is 79.4 Å². The third-order valence-corrected chi connectivity index (χ3v) is 13.7. The largest absolute Gasteiger partial charge is 0.494 e. The Bertz CT molecular complexity index is 2880. The van der Waals surface area contributed by atoms with Gasteiger partial charge < -0.3 is 39.0 Å². The van der Waals surface area contributed by atoms with E-state index in [4.69, 9.17) is 52.6 Å². The van der Waals surface area contributed by atoms with Crippen molar-refractivity contribution in [3.05, 3.63) is 166 Å². The van der Waals surface area contributed by atoms with Crippen molar-refractivity contribution in [2.75, 3.05) is 60.8 Å². The fourth-order valence-corrected chi connectivity index (χ4v) is 9.95. The van der Waals surface area contributed by atoms with E-state index in [1.165, 1.54) is 35.1 Å². The van der Waals surface area contributed by atoms with Crippen LogP contribution in [0.4, 0.5) is 34.9 Å². The summed E-state index contributed by atoms with van der Waals surface area (Å²) in [7, 11) is 3.30. The Morgan fingerprint density at radius 2 is 0.971 bits per heavy atom. The van der Waals surface area contributed by atoms with Gasteiger partial charge in [0.1, 0.15) is 46.1 Å². The number of benzene rings is 4. The molecule has 14 nitrogen and oxygen atoms in total. The van der Waals surface area contributed by atoms with Crippen LogP contribution in [0, 0.1) is 0 Å². The lowest BCUT2D eigenvalue weighted by molar-refractivity contribution is 0.413. The van der Waals surface area contributed by atoms with Crippen molar-refractivity contribution in [1.82, 2.24) is 39.0 Å². The van der Waals surface area contributed by atoms with Gasteiger partial charge in [-0.2, -0.15) is 9.97 Å². The van der Waals surface area contributed by atoms with Gasteiger partial charge in [-0.05, 0) is 73.9 Å². The summed E-state index contributed by atoms with van der Waals surface area (Å²) in [6.07, 6.45) is 13.4. The van der Waals surface area contributed by atoms with E-state index in [0.717, 1.165) is 97.6 Å². The van der Waals surface area contributed by atoms with E-state index in [1.54, 1.807) is 39.3 Å². The first-order valence-corrected chi connectivity index (χ1v) is 23.9. The van der Waals surface area contributed by atoms with Crippen molar-refractivity contribution in [2.24, 2.45) is 0 Å². The van der Waals surface area contributed by atoms with Crippen LogP contribution in [0.5, 0.6) is 11.5 Å². The maximum atomic E-state index is 6.00. The molecule has 344 valence electrons. The van der Waals surface area contributed by atoms with E-state index in [9.17, 15) is 0 Å². The number of hydrogen-bond donors (Lipinski definition) is 2. The summed E-state index contributed by atoms with van der Waals surface area (Å²) in [5.74, 6) is 5.37. The Kier molecular flexibility index (Phi) is 12.0. The van der Waals surface area contributed by atoms with E-state index >= 15 is 0 Å². The third kappa shape index (κ3) is 8.65. The highest BCUT2D eigenvalue weighted by Crippen LogP contribution is 2.44. The number of imidazole rings is 2. The zero-order valence-electron chi connectivity index (χ0n) is 37.8. The Hall–Kier alpha value is -7.16. The average Bonchev–Trinajstić information content (AvgIpc) is 4.16. The van der Waals surface area contributed by atoms with Crippen LogP contribution in [0.2, 0.25) is 10.3 Å². The molecule has 0 amide bonds. The van der Waals surface area contributed by atoms with Gasteiger partial charge in [0.2, 0.25) is 11.9 Å². The fraction of sp³-hybridized carbons (Fsp3) is 0.269. The topological polar surface area (TPSA) is 136 Å². The van der Waals surface area contributed by atoms with Gasteiger partial charge in [0, 0.05) is 85.0 Å². The fourth-order valence-electron chi connectivity index (χ4n) is 9.65. The molecule has 0 saturated carbocycles. The molecule has 4 aliphatic rings. The number of nitrogens with one attached hydrogen (secondary N) is 2. The van der Waals surface area contributed by atoms with Crippen LogP contribution < -0.4 is 29.9 Å². The maximum Gasteiger partial charge on any atom is 0.229 e. The number of rotatable bonds is 12. The summed E-state index contributed by atoms with van der Waals surface area (Å²) >= 11 is 12.0. The Morgan fingerprint density at radius 3 is 1.32 bits per heavy atom. The Labute approximate surface area is 405 Å². The zero-order valence-corrected chi connectivity index (χ0v) is 39.3. The van der Waals surface area contributed by atoms with E-state index in [1.807, 2.05) is 45.5 Å². The van der Waals surface area contributed by atoms with E-state index in [2.05, 4.69) is 91.1 Å². The molecule has 12 rings (SSSR count). The molecule has 0 unspecified atom stereocenters. The van der Waals surface area contributed by atoms with Crippen LogP contribution in [0.25, 0.3) is 11.4 Å². The summed E-state index contributed by atoms with van der Waals surface area (Å²) in [4.78, 5) is 32.9. The first-order valence-electron chi connectivity index (χ1n) is 23.1. The van der Waals surface area contributed by atoms with Gasteiger partial charge in [-0.1, -0.05) is 83.9 Å². The summed E-state index contributed by atoms with van der Waals surface area (Å²) in [5, 5.41) is 7.72. The Morgan fingerprint density at radius 1 is 0.544 bits per heavy atom. The molecular weight excluding hydrogens is 896 g/mol. The van der Waals surface area contributed by atoms with Crippen LogP contribution >= 0.6 is 23.2 Å². The number of methoxy groups -OCH3 is 2. The first-order chi connectivity index (χ1) is 33.4. The average molecular weight is 946 g/mol. The number of hydrogen-bond acceptors (Lipinski definition) is 12.